The second-order valence-corrected chi connectivity index (χ2v) is 3.36. The zero-order valence-corrected chi connectivity index (χ0v) is 8.55. The van der Waals surface area contributed by atoms with Crippen molar-refractivity contribution < 1.29 is 4.52 Å². The molecule has 0 amide bonds. The van der Waals surface area contributed by atoms with Gasteiger partial charge in [-0.2, -0.15) is 4.98 Å². The van der Waals surface area contributed by atoms with Crippen molar-refractivity contribution in [2.24, 2.45) is 5.73 Å². The highest BCUT2D eigenvalue weighted by Gasteiger charge is 2.12. The minimum Gasteiger partial charge on any atom is -0.343 e. The summed E-state index contributed by atoms with van der Waals surface area (Å²) in [6, 6.07) is 7.82. The summed E-state index contributed by atoms with van der Waals surface area (Å²) in [7, 11) is 0. The van der Waals surface area contributed by atoms with Crippen LogP contribution in [0.25, 0.3) is 0 Å². The second-order valence-electron chi connectivity index (χ2n) is 3.36. The Labute approximate surface area is 88.1 Å². The van der Waals surface area contributed by atoms with E-state index in [0.717, 1.165) is 12.0 Å². The van der Waals surface area contributed by atoms with E-state index in [1.54, 1.807) is 0 Å². The summed E-state index contributed by atoms with van der Waals surface area (Å²) in [4.78, 5) is 3.93. The first-order chi connectivity index (χ1) is 7.31. The lowest BCUT2D eigenvalue weighted by molar-refractivity contribution is 0.407. The summed E-state index contributed by atoms with van der Waals surface area (Å²) >= 11 is 0. The van der Waals surface area contributed by atoms with Gasteiger partial charge < -0.3 is 10.3 Å². The van der Waals surface area contributed by atoms with Crippen LogP contribution in [0.4, 0.5) is 0 Å². The third-order valence-electron chi connectivity index (χ3n) is 2.40. The molecule has 0 aliphatic rings. The predicted octanol–water partition coefficient (Wildman–Crippen LogP) is 1.68. The molecule has 1 aromatic carbocycles. The molecule has 78 valence electrons. The average molecular weight is 203 g/mol. The van der Waals surface area contributed by atoms with E-state index in [9.17, 15) is 0 Å². The van der Waals surface area contributed by atoms with Gasteiger partial charge in [-0.25, -0.2) is 0 Å². The van der Waals surface area contributed by atoms with Gasteiger partial charge in [-0.05, 0) is 17.5 Å². The van der Waals surface area contributed by atoms with Crippen LogP contribution in [0.15, 0.2) is 35.2 Å². The highest BCUT2D eigenvalue weighted by Crippen LogP contribution is 2.16. The zero-order chi connectivity index (χ0) is 10.7. The van der Waals surface area contributed by atoms with Crippen LogP contribution in [0.2, 0.25) is 0 Å². The molecule has 2 N–H and O–H groups in total. The maximum atomic E-state index is 5.97. The molecule has 0 bridgehead atoms. The Morgan fingerprint density at radius 2 is 2.07 bits per heavy atom. The number of nitrogens with two attached hydrogens (primary N) is 1. The van der Waals surface area contributed by atoms with Crippen molar-refractivity contribution >= 4 is 0 Å². The Kier molecular flexibility index (Phi) is 2.78. The topological polar surface area (TPSA) is 64.9 Å². The van der Waals surface area contributed by atoms with Gasteiger partial charge in [-0.15, -0.1) is 0 Å². The summed E-state index contributed by atoms with van der Waals surface area (Å²) < 4.78 is 4.66. The average Bonchev–Trinajstić information content (AvgIpc) is 2.82. The summed E-state index contributed by atoms with van der Waals surface area (Å²) in [5, 5.41) is 3.72. The van der Waals surface area contributed by atoms with E-state index < -0.39 is 0 Å². The number of benzene rings is 1. The van der Waals surface area contributed by atoms with E-state index in [1.807, 2.05) is 12.1 Å². The standard InChI is InChI=1S/C11H13N3O/c1-2-8-3-5-9(6-4-8)10(12)11-13-7-15-14-11/h3-7,10H,2,12H2,1H3. The maximum absolute atomic E-state index is 5.97. The Balaban J connectivity index is 2.22. The van der Waals surface area contributed by atoms with Gasteiger partial charge in [0.15, 0.2) is 5.82 Å². The van der Waals surface area contributed by atoms with Crippen LogP contribution in [0, 0.1) is 0 Å². The first-order valence-electron chi connectivity index (χ1n) is 4.92. The molecule has 0 aliphatic carbocycles. The molecule has 2 aromatic rings. The fraction of sp³-hybridized carbons (Fsp3) is 0.273. The number of nitrogens with zero attached hydrogens (tertiary/aromatic N) is 2. The van der Waals surface area contributed by atoms with Crippen molar-refractivity contribution in [1.29, 1.82) is 0 Å². The van der Waals surface area contributed by atoms with Crippen LogP contribution in [0.5, 0.6) is 0 Å². The van der Waals surface area contributed by atoms with E-state index in [-0.39, 0.29) is 6.04 Å². The lowest BCUT2D eigenvalue weighted by Gasteiger charge is -2.07. The summed E-state index contributed by atoms with van der Waals surface area (Å²) in [6.07, 6.45) is 2.31. The third kappa shape index (κ3) is 2.05. The molecule has 0 radical (unpaired) electrons. The summed E-state index contributed by atoms with van der Waals surface area (Å²) in [5.74, 6) is 0.513. The molecule has 1 heterocycles. The van der Waals surface area contributed by atoms with E-state index >= 15 is 0 Å². The van der Waals surface area contributed by atoms with Crippen molar-refractivity contribution in [3.05, 3.63) is 47.6 Å². The molecule has 0 aliphatic heterocycles. The van der Waals surface area contributed by atoms with Gasteiger partial charge in [0.1, 0.15) is 0 Å². The van der Waals surface area contributed by atoms with Crippen LogP contribution < -0.4 is 5.73 Å². The zero-order valence-electron chi connectivity index (χ0n) is 8.55. The molecule has 1 aromatic heterocycles. The quantitative estimate of drug-likeness (QED) is 0.824. The highest BCUT2D eigenvalue weighted by atomic mass is 16.5. The SMILES string of the molecule is CCc1ccc(C(N)c2ncon2)cc1. The van der Waals surface area contributed by atoms with Gasteiger partial charge >= 0.3 is 0 Å². The molecule has 4 heteroatoms. The number of hydrogen-bond donors (Lipinski definition) is 1. The first kappa shape index (κ1) is 9.86. The summed E-state index contributed by atoms with van der Waals surface area (Å²) in [6.45, 7) is 2.12. The molecule has 0 saturated carbocycles. The number of aryl methyl sites for hydroxylation is 1. The van der Waals surface area contributed by atoms with Gasteiger partial charge in [0.2, 0.25) is 6.39 Å². The molecule has 0 fully saturated rings. The normalized spacial score (nSPS) is 12.7. The Bertz CT molecular complexity index is 408. The van der Waals surface area contributed by atoms with Crippen LogP contribution in [-0.4, -0.2) is 10.1 Å². The van der Waals surface area contributed by atoms with E-state index in [1.165, 1.54) is 12.0 Å². The maximum Gasteiger partial charge on any atom is 0.213 e. The van der Waals surface area contributed by atoms with E-state index in [2.05, 4.69) is 33.7 Å². The van der Waals surface area contributed by atoms with Gasteiger partial charge in [0.25, 0.3) is 0 Å². The molecule has 1 atom stereocenters. The largest absolute Gasteiger partial charge is 0.343 e. The number of rotatable bonds is 3. The molecule has 0 saturated heterocycles. The lowest BCUT2D eigenvalue weighted by atomic mass is 10.0. The Morgan fingerprint density at radius 3 is 2.60 bits per heavy atom. The first-order valence-corrected chi connectivity index (χ1v) is 4.92. The molecular formula is C11H13N3O. The fourth-order valence-corrected chi connectivity index (χ4v) is 1.43. The van der Waals surface area contributed by atoms with Crippen molar-refractivity contribution in [1.82, 2.24) is 10.1 Å². The lowest BCUT2D eigenvalue weighted by Crippen LogP contribution is -2.13. The van der Waals surface area contributed by atoms with Gasteiger partial charge in [-0.1, -0.05) is 36.3 Å². The van der Waals surface area contributed by atoms with Crippen LogP contribution in [0.1, 0.15) is 29.9 Å². The minimum atomic E-state index is -0.311. The predicted molar refractivity (Wildman–Crippen MR) is 56.1 cm³/mol. The molecule has 15 heavy (non-hydrogen) atoms. The molecule has 1 unspecified atom stereocenters. The third-order valence-corrected chi connectivity index (χ3v) is 2.40. The van der Waals surface area contributed by atoms with Crippen LogP contribution >= 0.6 is 0 Å². The number of hydrogen-bond acceptors (Lipinski definition) is 4. The Hall–Kier alpha value is -1.68. The van der Waals surface area contributed by atoms with E-state index in [4.69, 9.17) is 5.73 Å². The summed E-state index contributed by atoms with van der Waals surface area (Å²) in [5.41, 5.74) is 8.25. The molecule has 4 nitrogen and oxygen atoms in total. The monoisotopic (exact) mass is 203 g/mol. The van der Waals surface area contributed by atoms with Gasteiger partial charge in [-0.3, -0.25) is 0 Å². The smallest absolute Gasteiger partial charge is 0.213 e. The van der Waals surface area contributed by atoms with Gasteiger partial charge in [0, 0.05) is 0 Å². The minimum absolute atomic E-state index is 0.311. The van der Waals surface area contributed by atoms with Crippen molar-refractivity contribution in [3.8, 4) is 0 Å². The highest BCUT2D eigenvalue weighted by molar-refractivity contribution is 5.27. The molecule has 0 spiro atoms. The van der Waals surface area contributed by atoms with E-state index in [0.29, 0.717) is 5.82 Å². The van der Waals surface area contributed by atoms with Crippen LogP contribution in [-0.2, 0) is 6.42 Å². The van der Waals surface area contributed by atoms with Crippen molar-refractivity contribution in [2.75, 3.05) is 0 Å². The molecule has 2 rings (SSSR count). The van der Waals surface area contributed by atoms with Gasteiger partial charge in [0.05, 0.1) is 6.04 Å². The fourth-order valence-electron chi connectivity index (χ4n) is 1.43. The van der Waals surface area contributed by atoms with Crippen molar-refractivity contribution in [3.63, 3.8) is 0 Å². The Morgan fingerprint density at radius 1 is 1.33 bits per heavy atom. The number of aromatic nitrogens is 2. The molecular weight excluding hydrogens is 190 g/mol. The van der Waals surface area contributed by atoms with Crippen molar-refractivity contribution in [2.45, 2.75) is 19.4 Å². The van der Waals surface area contributed by atoms with Crippen LogP contribution in [0.3, 0.4) is 0 Å². The second kappa shape index (κ2) is 4.23.